The Balaban J connectivity index is 1.36. The van der Waals surface area contributed by atoms with E-state index in [1.165, 1.54) is 16.4 Å². The lowest BCUT2D eigenvalue weighted by atomic mass is 10.1. The monoisotopic (exact) mass is 482 g/mol. The van der Waals surface area contributed by atoms with E-state index in [1.54, 1.807) is 29.4 Å². The van der Waals surface area contributed by atoms with Gasteiger partial charge in [0.2, 0.25) is 0 Å². The Morgan fingerprint density at radius 3 is 2.39 bits per heavy atom. The molecule has 9 heteroatoms. The minimum Gasteiger partial charge on any atom is -0.368 e. The maximum Gasteiger partial charge on any atom is 0.265 e. The number of carbonyl (C=O) groups excluding carboxylic acids is 1. The first-order chi connectivity index (χ1) is 15.9. The van der Waals surface area contributed by atoms with E-state index in [9.17, 15) is 13.2 Å². The van der Waals surface area contributed by atoms with Crippen LogP contribution in [0.15, 0.2) is 71.9 Å². The van der Waals surface area contributed by atoms with Crippen molar-refractivity contribution in [3.8, 4) is 0 Å². The van der Waals surface area contributed by atoms with Crippen LogP contribution in [0.4, 0.5) is 11.4 Å². The van der Waals surface area contributed by atoms with Gasteiger partial charge in [-0.1, -0.05) is 29.8 Å². The Kier molecular flexibility index (Phi) is 5.72. The number of rotatable bonds is 4. The highest BCUT2D eigenvalue weighted by atomic mass is 35.5. The molecule has 7 nitrogen and oxygen atoms in total. The van der Waals surface area contributed by atoms with Gasteiger partial charge in [0.1, 0.15) is 4.90 Å². The van der Waals surface area contributed by atoms with E-state index < -0.39 is 10.0 Å². The normalized spacial score (nSPS) is 16.1. The molecule has 0 radical (unpaired) electrons. The third-order valence-corrected chi connectivity index (χ3v) is 8.48. The Morgan fingerprint density at radius 2 is 1.64 bits per heavy atom. The van der Waals surface area contributed by atoms with Gasteiger partial charge in [0.15, 0.2) is 0 Å². The molecule has 2 aromatic carbocycles. The molecule has 0 unspecified atom stereocenters. The topological polar surface area (TPSA) is 73.8 Å². The molecular formula is C24H23ClN4O3S. The van der Waals surface area contributed by atoms with Gasteiger partial charge >= 0.3 is 0 Å². The molecule has 1 aromatic heterocycles. The van der Waals surface area contributed by atoms with Crippen LogP contribution in [0, 0.1) is 0 Å². The number of pyridine rings is 1. The Bertz CT molecular complexity index is 1290. The van der Waals surface area contributed by atoms with Crippen LogP contribution < -0.4 is 9.21 Å². The molecule has 5 rings (SSSR count). The standard InChI is InChI=1S/C24H23ClN4O3S/c25-21-6-5-19(24(30)28-15-13-27(14-16-28)20-7-10-26-11-8-20)17-23(21)33(31,32)29-12-9-18-3-1-2-4-22(18)29/h1-8,10-11,17H,9,12-16H2. The first kappa shape index (κ1) is 21.7. The predicted octanol–water partition coefficient (Wildman–Crippen LogP) is 3.45. The number of anilines is 2. The maximum absolute atomic E-state index is 13.5. The van der Waals surface area contributed by atoms with Crippen LogP contribution in [-0.2, 0) is 16.4 Å². The number of nitrogens with zero attached hydrogens (tertiary/aromatic N) is 4. The quantitative estimate of drug-likeness (QED) is 0.569. The minimum absolute atomic E-state index is 0.0397. The summed E-state index contributed by atoms with van der Waals surface area (Å²) in [5, 5.41) is 0.110. The third kappa shape index (κ3) is 4.05. The van der Waals surface area contributed by atoms with Gasteiger partial charge in [-0.3, -0.25) is 14.1 Å². The third-order valence-electron chi connectivity index (χ3n) is 6.19. The van der Waals surface area contributed by atoms with Crippen LogP contribution in [0.3, 0.4) is 0 Å². The van der Waals surface area contributed by atoms with Gasteiger partial charge in [0, 0.05) is 56.4 Å². The number of halogens is 1. The van der Waals surface area contributed by atoms with Crippen LogP contribution in [0.1, 0.15) is 15.9 Å². The van der Waals surface area contributed by atoms with Gasteiger partial charge < -0.3 is 9.80 Å². The summed E-state index contributed by atoms with van der Waals surface area (Å²) in [6, 6.07) is 15.8. The molecule has 0 spiro atoms. The summed E-state index contributed by atoms with van der Waals surface area (Å²) in [6.07, 6.45) is 4.15. The zero-order valence-electron chi connectivity index (χ0n) is 17.9. The highest BCUT2D eigenvalue weighted by Gasteiger charge is 2.33. The molecule has 2 aliphatic heterocycles. The van der Waals surface area contributed by atoms with E-state index in [4.69, 9.17) is 11.6 Å². The molecule has 0 aliphatic carbocycles. The first-order valence-electron chi connectivity index (χ1n) is 10.8. The molecule has 3 heterocycles. The predicted molar refractivity (Wildman–Crippen MR) is 128 cm³/mol. The van der Waals surface area contributed by atoms with Crippen molar-refractivity contribution in [3.05, 3.63) is 83.1 Å². The van der Waals surface area contributed by atoms with E-state index >= 15 is 0 Å². The summed E-state index contributed by atoms with van der Waals surface area (Å²) >= 11 is 6.32. The van der Waals surface area contributed by atoms with Crippen LogP contribution in [0.2, 0.25) is 5.02 Å². The van der Waals surface area contributed by atoms with Crippen molar-refractivity contribution in [2.45, 2.75) is 11.3 Å². The first-order valence-corrected chi connectivity index (χ1v) is 12.6. The van der Waals surface area contributed by atoms with E-state index in [-0.39, 0.29) is 15.8 Å². The van der Waals surface area contributed by atoms with Crippen molar-refractivity contribution >= 4 is 38.9 Å². The van der Waals surface area contributed by atoms with Crippen LogP contribution in [0.25, 0.3) is 0 Å². The summed E-state index contributed by atoms with van der Waals surface area (Å²) in [6.45, 7) is 2.84. The molecule has 170 valence electrons. The number of para-hydroxylation sites is 1. The SMILES string of the molecule is O=C(c1ccc(Cl)c(S(=O)(=O)N2CCc3ccccc32)c1)N1CCN(c2ccncc2)CC1. The number of amides is 1. The largest absolute Gasteiger partial charge is 0.368 e. The Morgan fingerprint density at radius 1 is 0.909 bits per heavy atom. The number of hydrogen-bond donors (Lipinski definition) is 0. The van der Waals surface area contributed by atoms with Crippen molar-refractivity contribution in [2.75, 3.05) is 41.9 Å². The fourth-order valence-corrected chi connectivity index (χ4v) is 6.42. The van der Waals surface area contributed by atoms with Crippen LogP contribution in [-0.4, -0.2) is 56.9 Å². The molecule has 0 atom stereocenters. The van der Waals surface area contributed by atoms with Gasteiger partial charge in [0.25, 0.3) is 15.9 Å². The molecule has 0 bridgehead atoms. The molecule has 33 heavy (non-hydrogen) atoms. The molecule has 3 aromatic rings. The highest BCUT2D eigenvalue weighted by Crippen LogP contribution is 2.35. The number of carbonyl (C=O) groups is 1. The van der Waals surface area contributed by atoms with Gasteiger partial charge in [-0.15, -0.1) is 0 Å². The number of hydrogen-bond acceptors (Lipinski definition) is 5. The molecule has 1 fully saturated rings. The fraction of sp³-hybridized carbons (Fsp3) is 0.250. The fourth-order valence-electron chi connectivity index (χ4n) is 4.42. The number of aromatic nitrogens is 1. The second-order valence-electron chi connectivity index (χ2n) is 8.09. The second-order valence-corrected chi connectivity index (χ2v) is 10.3. The number of sulfonamides is 1. The van der Waals surface area contributed by atoms with Crippen molar-refractivity contribution in [1.82, 2.24) is 9.88 Å². The summed E-state index contributed by atoms with van der Waals surface area (Å²) in [5.41, 5.74) is 3.04. The molecular weight excluding hydrogens is 460 g/mol. The molecule has 0 saturated carbocycles. The average molecular weight is 483 g/mol. The number of piperazine rings is 1. The number of benzene rings is 2. The van der Waals surface area contributed by atoms with Crippen LogP contribution in [0.5, 0.6) is 0 Å². The molecule has 1 saturated heterocycles. The zero-order chi connectivity index (χ0) is 23.0. The summed E-state index contributed by atoms with van der Waals surface area (Å²) in [7, 11) is -3.90. The minimum atomic E-state index is -3.90. The number of fused-ring (bicyclic) bond motifs is 1. The highest BCUT2D eigenvalue weighted by molar-refractivity contribution is 7.93. The van der Waals surface area contributed by atoms with E-state index in [0.29, 0.717) is 50.4 Å². The van der Waals surface area contributed by atoms with Gasteiger partial charge in [-0.05, 0) is 48.4 Å². The van der Waals surface area contributed by atoms with Crippen molar-refractivity contribution in [1.29, 1.82) is 0 Å². The molecule has 1 amide bonds. The Hall–Kier alpha value is -3.10. The van der Waals surface area contributed by atoms with E-state index in [0.717, 1.165) is 11.3 Å². The summed E-state index contributed by atoms with van der Waals surface area (Å²) in [5.74, 6) is -0.195. The van der Waals surface area contributed by atoms with Gasteiger partial charge in [-0.2, -0.15) is 0 Å². The van der Waals surface area contributed by atoms with Crippen molar-refractivity contribution in [2.24, 2.45) is 0 Å². The van der Waals surface area contributed by atoms with Gasteiger partial charge in [-0.25, -0.2) is 8.42 Å². The Labute approximate surface area is 198 Å². The maximum atomic E-state index is 13.5. The smallest absolute Gasteiger partial charge is 0.265 e. The zero-order valence-corrected chi connectivity index (χ0v) is 19.5. The lowest BCUT2D eigenvalue weighted by Gasteiger charge is -2.36. The average Bonchev–Trinajstić information content (AvgIpc) is 3.30. The van der Waals surface area contributed by atoms with E-state index in [2.05, 4.69) is 9.88 Å². The van der Waals surface area contributed by atoms with Crippen molar-refractivity contribution < 1.29 is 13.2 Å². The summed E-state index contributed by atoms with van der Waals surface area (Å²) < 4.78 is 28.3. The molecule has 2 aliphatic rings. The summed E-state index contributed by atoms with van der Waals surface area (Å²) in [4.78, 5) is 21.2. The molecule has 0 N–H and O–H groups in total. The van der Waals surface area contributed by atoms with E-state index in [1.807, 2.05) is 30.3 Å². The lowest BCUT2D eigenvalue weighted by molar-refractivity contribution is 0.0746. The second kappa shape index (κ2) is 8.68. The lowest BCUT2D eigenvalue weighted by Crippen LogP contribution is -2.48. The van der Waals surface area contributed by atoms with Gasteiger partial charge in [0.05, 0.1) is 10.7 Å². The van der Waals surface area contributed by atoms with Crippen molar-refractivity contribution in [3.63, 3.8) is 0 Å². The van der Waals surface area contributed by atoms with Crippen LogP contribution >= 0.6 is 11.6 Å².